The van der Waals surface area contributed by atoms with Crippen molar-refractivity contribution in [3.63, 3.8) is 0 Å². The van der Waals surface area contributed by atoms with E-state index in [4.69, 9.17) is 14.3 Å². The van der Waals surface area contributed by atoms with Crippen LogP contribution in [0.1, 0.15) is 31.2 Å². The van der Waals surface area contributed by atoms with Crippen molar-refractivity contribution >= 4 is 11.7 Å². The largest absolute Gasteiger partial charge is 0.487 e. The topological polar surface area (TPSA) is 70.0 Å². The van der Waals surface area contributed by atoms with Gasteiger partial charge in [0.15, 0.2) is 11.8 Å². The lowest BCUT2D eigenvalue weighted by Crippen LogP contribution is -2.24. The molecular weight excluding hydrogens is 320 g/mol. The average Bonchev–Trinajstić information content (AvgIpc) is 3.03. The van der Waals surface area contributed by atoms with Crippen molar-refractivity contribution in [2.45, 2.75) is 26.6 Å². The Hall–Kier alpha value is -2.89. The molecule has 2 aromatic rings. The standard InChI is InChI=1S/C19H20N2O4/c1-3-23-19(22)17-13(2)18(25-21-17)16-10-9-15(11-20-16)24-12-14-7-5-4-6-8-14/h4-11,13,18H,3,12H2,1-2H3/t13-,18-/m0/s1. The van der Waals surface area contributed by atoms with Crippen LogP contribution in [-0.4, -0.2) is 23.3 Å². The molecule has 1 aliphatic heterocycles. The van der Waals surface area contributed by atoms with E-state index >= 15 is 0 Å². The molecule has 1 aromatic carbocycles. The summed E-state index contributed by atoms with van der Waals surface area (Å²) in [6, 6.07) is 13.6. The van der Waals surface area contributed by atoms with Gasteiger partial charge >= 0.3 is 5.97 Å². The number of rotatable bonds is 6. The van der Waals surface area contributed by atoms with E-state index in [0.29, 0.717) is 24.7 Å². The molecular formula is C19H20N2O4. The van der Waals surface area contributed by atoms with Gasteiger partial charge in [-0.3, -0.25) is 4.98 Å². The molecule has 0 N–H and O–H groups in total. The summed E-state index contributed by atoms with van der Waals surface area (Å²) in [5, 5.41) is 3.86. The molecule has 3 rings (SSSR count). The number of hydrogen-bond acceptors (Lipinski definition) is 6. The molecule has 2 heterocycles. The maximum absolute atomic E-state index is 11.8. The molecule has 0 saturated heterocycles. The number of esters is 1. The molecule has 1 aliphatic rings. The van der Waals surface area contributed by atoms with E-state index in [9.17, 15) is 4.79 Å². The first kappa shape index (κ1) is 17.0. The van der Waals surface area contributed by atoms with Crippen LogP contribution in [0.15, 0.2) is 53.8 Å². The zero-order valence-corrected chi connectivity index (χ0v) is 14.2. The van der Waals surface area contributed by atoms with Crippen LogP contribution in [-0.2, 0) is 21.0 Å². The fraction of sp³-hybridized carbons (Fsp3) is 0.316. The highest BCUT2D eigenvalue weighted by atomic mass is 16.6. The Morgan fingerprint density at radius 2 is 2.00 bits per heavy atom. The molecule has 0 saturated carbocycles. The highest BCUT2D eigenvalue weighted by molar-refractivity contribution is 6.37. The summed E-state index contributed by atoms with van der Waals surface area (Å²) in [7, 11) is 0. The third kappa shape index (κ3) is 3.96. The van der Waals surface area contributed by atoms with E-state index in [1.165, 1.54) is 0 Å². The molecule has 6 heteroatoms. The van der Waals surface area contributed by atoms with Crippen LogP contribution in [0.5, 0.6) is 5.75 Å². The summed E-state index contributed by atoms with van der Waals surface area (Å²) >= 11 is 0. The van der Waals surface area contributed by atoms with Gasteiger partial charge in [0.25, 0.3) is 0 Å². The zero-order valence-electron chi connectivity index (χ0n) is 14.2. The van der Waals surface area contributed by atoms with Crippen LogP contribution in [0.25, 0.3) is 0 Å². The van der Waals surface area contributed by atoms with Crippen molar-refractivity contribution in [2.24, 2.45) is 11.1 Å². The number of aromatic nitrogens is 1. The van der Waals surface area contributed by atoms with Gasteiger partial charge in [-0.1, -0.05) is 42.4 Å². The Labute approximate surface area is 146 Å². The Balaban J connectivity index is 1.60. The number of carbonyl (C=O) groups excluding carboxylic acids is 1. The average molecular weight is 340 g/mol. The molecule has 130 valence electrons. The summed E-state index contributed by atoms with van der Waals surface area (Å²) in [6.45, 7) is 4.41. The van der Waals surface area contributed by atoms with Gasteiger partial charge in [-0.15, -0.1) is 0 Å². The fourth-order valence-electron chi connectivity index (χ4n) is 2.56. The number of nitrogens with zero attached hydrogens (tertiary/aromatic N) is 2. The van der Waals surface area contributed by atoms with Gasteiger partial charge in [-0.2, -0.15) is 0 Å². The molecule has 0 bridgehead atoms. The molecule has 0 amide bonds. The molecule has 25 heavy (non-hydrogen) atoms. The van der Waals surface area contributed by atoms with Crippen LogP contribution in [0, 0.1) is 5.92 Å². The summed E-state index contributed by atoms with van der Waals surface area (Å²) in [5.74, 6) is 0.00717. The van der Waals surface area contributed by atoms with E-state index in [1.807, 2.05) is 49.4 Å². The smallest absolute Gasteiger partial charge is 0.356 e. The fourth-order valence-corrected chi connectivity index (χ4v) is 2.56. The van der Waals surface area contributed by atoms with Crippen molar-refractivity contribution in [1.82, 2.24) is 4.98 Å². The Morgan fingerprint density at radius 3 is 2.68 bits per heavy atom. The van der Waals surface area contributed by atoms with Gasteiger partial charge in [-0.25, -0.2) is 4.79 Å². The van der Waals surface area contributed by atoms with Crippen LogP contribution < -0.4 is 4.74 Å². The first-order chi connectivity index (χ1) is 12.2. The second-order valence-corrected chi connectivity index (χ2v) is 5.70. The molecule has 0 aliphatic carbocycles. The number of hydrogen-bond donors (Lipinski definition) is 0. The summed E-state index contributed by atoms with van der Waals surface area (Å²) in [4.78, 5) is 21.6. The van der Waals surface area contributed by atoms with Gasteiger partial charge in [0.05, 0.1) is 24.4 Å². The van der Waals surface area contributed by atoms with Crippen LogP contribution in [0.2, 0.25) is 0 Å². The quantitative estimate of drug-likeness (QED) is 0.755. The lowest BCUT2D eigenvalue weighted by molar-refractivity contribution is -0.135. The van der Waals surface area contributed by atoms with Crippen molar-refractivity contribution in [2.75, 3.05) is 6.61 Å². The summed E-state index contributed by atoms with van der Waals surface area (Å²) < 4.78 is 10.7. The molecule has 0 radical (unpaired) electrons. The monoisotopic (exact) mass is 340 g/mol. The summed E-state index contributed by atoms with van der Waals surface area (Å²) in [6.07, 6.45) is 1.25. The van der Waals surface area contributed by atoms with E-state index in [2.05, 4.69) is 10.1 Å². The molecule has 0 unspecified atom stereocenters. The molecule has 0 fully saturated rings. The maximum atomic E-state index is 11.8. The van der Waals surface area contributed by atoms with E-state index in [-0.39, 0.29) is 11.6 Å². The van der Waals surface area contributed by atoms with Crippen molar-refractivity contribution in [1.29, 1.82) is 0 Å². The highest BCUT2D eigenvalue weighted by Crippen LogP contribution is 2.32. The second kappa shape index (κ2) is 7.79. The first-order valence-electron chi connectivity index (χ1n) is 8.22. The number of carbonyl (C=O) groups is 1. The normalized spacial score (nSPS) is 19.0. The van der Waals surface area contributed by atoms with Crippen LogP contribution in [0.3, 0.4) is 0 Å². The Bertz CT molecular complexity index is 744. The van der Waals surface area contributed by atoms with Gasteiger partial charge in [0, 0.05) is 0 Å². The number of ether oxygens (including phenoxy) is 2. The minimum atomic E-state index is -0.444. The highest BCUT2D eigenvalue weighted by Gasteiger charge is 2.37. The van der Waals surface area contributed by atoms with Crippen molar-refractivity contribution in [3.8, 4) is 5.75 Å². The first-order valence-corrected chi connectivity index (χ1v) is 8.22. The summed E-state index contributed by atoms with van der Waals surface area (Å²) in [5.41, 5.74) is 2.08. The SMILES string of the molecule is CCOC(=O)C1=NO[C@H](c2ccc(OCc3ccccc3)cn2)[C@H]1C. The van der Waals surface area contributed by atoms with E-state index in [0.717, 1.165) is 5.56 Å². The number of pyridine rings is 1. The third-order valence-corrected chi connectivity index (χ3v) is 3.93. The van der Waals surface area contributed by atoms with Gasteiger partial charge < -0.3 is 14.3 Å². The van der Waals surface area contributed by atoms with Gasteiger partial charge in [0.1, 0.15) is 12.4 Å². The number of oxime groups is 1. The zero-order chi connectivity index (χ0) is 17.6. The third-order valence-electron chi connectivity index (χ3n) is 3.93. The van der Waals surface area contributed by atoms with Crippen molar-refractivity contribution in [3.05, 3.63) is 59.9 Å². The van der Waals surface area contributed by atoms with Crippen LogP contribution in [0.4, 0.5) is 0 Å². The van der Waals surface area contributed by atoms with E-state index in [1.54, 1.807) is 13.1 Å². The number of benzene rings is 1. The Kier molecular flexibility index (Phi) is 5.28. The minimum absolute atomic E-state index is 0.220. The van der Waals surface area contributed by atoms with Gasteiger partial charge in [0.2, 0.25) is 0 Å². The second-order valence-electron chi connectivity index (χ2n) is 5.70. The molecule has 2 atom stereocenters. The Morgan fingerprint density at radius 1 is 1.20 bits per heavy atom. The predicted octanol–water partition coefficient (Wildman–Crippen LogP) is 3.29. The van der Waals surface area contributed by atoms with E-state index < -0.39 is 12.1 Å². The lowest BCUT2D eigenvalue weighted by atomic mass is 9.97. The van der Waals surface area contributed by atoms with Gasteiger partial charge in [-0.05, 0) is 24.6 Å². The predicted molar refractivity (Wildman–Crippen MR) is 92.1 cm³/mol. The maximum Gasteiger partial charge on any atom is 0.356 e. The molecule has 0 spiro atoms. The van der Waals surface area contributed by atoms with Crippen LogP contribution >= 0.6 is 0 Å². The molecule has 1 aromatic heterocycles. The molecule has 6 nitrogen and oxygen atoms in total. The van der Waals surface area contributed by atoms with Crippen molar-refractivity contribution < 1.29 is 19.1 Å². The lowest BCUT2D eigenvalue weighted by Gasteiger charge is -2.14. The minimum Gasteiger partial charge on any atom is -0.487 e.